The van der Waals surface area contributed by atoms with Crippen molar-refractivity contribution in [3.05, 3.63) is 55.7 Å². The van der Waals surface area contributed by atoms with Gasteiger partial charge in [0.2, 0.25) is 5.91 Å². The molecule has 31 heavy (non-hydrogen) atoms. The molecule has 0 aliphatic rings. The first-order valence-corrected chi connectivity index (χ1v) is 11.5. The van der Waals surface area contributed by atoms with Crippen LogP contribution in [0.25, 0.3) is 21.5 Å². The summed E-state index contributed by atoms with van der Waals surface area (Å²) in [6.07, 6.45) is 1.64. The second-order valence-corrected chi connectivity index (χ2v) is 9.36. The Labute approximate surface area is 191 Å². The third-order valence-electron chi connectivity index (χ3n) is 4.93. The lowest BCUT2D eigenvalue weighted by Crippen LogP contribution is -2.23. The highest BCUT2D eigenvalue weighted by atomic mass is 35.5. The summed E-state index contributed by atoms with van der Waals surface area (Å²) in [6.45, 7) is 4.14. The van der Waals surface area contributed by atoms with Crippen molar-refractivity contribution in [3.8, 4) is 17.0 Å². The van der Waals surface area contributed by atoms with Gasteiger partial charge in [-0.3, -0.25) is 14.2 Å². The summed E-state index contributed by atoms with van der Waals surface area (Å²) >= 11 is 9.01. The Morgan fingerprint density at radius 3 is 2.87 bits per heavy atom. The van der Waals surface area contributed by atoms with Crippen molar-refractivity contribution in [1.82, 2.24) is 14.5 Å². The number of carbonyl (C=O) groups excluding carboxylic acids is 1. The lowest BCUT2D eigenvalue weighted by molar-refractivity contribution is -0.116. The third-order valence-corrected chi connectivity index (χ3v) is 7.10. The topological polar surface area (TPSA) is 86.1 Å². The molecule has 4 aromatic rings. The van der Waals surface area contributed by atoms with Crippen molar-refractivity contribution in [2.75, 3.05) is 12.4 Å². The molecule has 0 atom stereocenters. The molecule has 0 saturated heterocycles. The molecule has 160 valence electrons. The highest BCUT2D eigenvalue weighted by molar-refractivity contribution is 7.18. The van der Waals surface area contributed by atoms with Crippen LogP contribution in [0.1, 0.15) is 16.9 Å². The van der Waals surface area contributed by atoms with Crippen LogP contribution in [0.2, 0.25) is 5.02 Å². The molecule has 0 aliphatic heterocycles. The zero-order valence-electron chi connectivity index (χ0n) is 17.1. The van der Waals surface area contributed by atoms with Gasteiger partial charge in [0, 0.05) is 28.8 Å². The van der Waals surface area contributed by atoms with Crippen molar-refractivity contribution in [3.63, 3.8) is 0 Å². The van der Waals surface area contributed by atoms with Gasteiger partial charge in [-0.2, -0.15) is 0 Å². The molecule has 0 spiro atoms. The molecule has 7 nitrogen and oxygen atoms in total. The zero-order chi connectivity index (χ0) is 22.1. The van der Waals surface area contributed by atoms with E-state index in [4.69, 9.17) is 16.3 Å². The van der Waals surface area contributed by atoms with E-state index in [0.717, 1.165) is 20.8 Å². The van der Waals surface area contributed by atoms with E-state index < -0.39 is 0 Å². The standard InChI is InChI=1S/C21H19ClN4O3S2/c1-11-12(2)31-19-18(11)20(28)26(10-23-19)7-6-17(27)25-21-24-15(9-30-21)13-4-5-16(29-3)14(22)8-13/h4-5,8-10H,6-7H2,1-3H3,(H,24,25,27). The number of thiophene rings is 1. The Morgan fingerprint density at radius 2 is 2.13 bits per heavy atom. The molecule has 0 radical (unpaired) electrons. The van der Waals surface area contributed by atoms with Crippen LogP contribution in [0.5, 0.6) is 5.75 Å². The number of benzene rings is 1. The van der Waals surface area contributed by atoms with E-state index in [0.29, 0.717) is 27.0 Å². The summed E-state index contributed by atoms with van der Waals surface area (Å²) in [5.74, 6) is 0.365. The predicted molar refractivity (Wildman–Crippen MR) is 126 cm³/mol. The van der Waals surface area contributed by atoms with Crippen molar-refractivity contribution in [2.24, 2.45) is 0 Å². The van der Waals surface area contributed by atoms with E-state index in [-0.39, 0.29) is 24.4 Å². The number of amides is 1. The molecular formula is C21H19ClN4O3S2. The number of nitrogens with zero attached hydrogens (tertiary/aromatic N) is 3. The van der Waals surface area contributed by atoms with Crippen molar-refractivity contribution < 1.29 is 9.53 Å². The van der Waals surface area contributed by atoms with Crippen LogP contribution in [0.4, 0.5) is 5.13 Å². The largest absolute Gasteiger partial charge is 0.495 e. The highest BCUT2D eigenvalue weighted by Gasteiger charge is 2.14. The summed E-state index contributed by atoms with van der Waals surface area (Å²) in [5, 5.41) is 6.24. The van der Waals surface area contributed by atoms with Gasteiger partial charge in [0.15, 0.2) is 5.13 Å². The van der Waals surface area contributed by atoms with Gasteiger partial charge in [-0.1, -0.05) is 11.6 Å². The summed E-state index contributed by atoms with van der Waals surface area (Å²) < 4.78 is 6.64. The van der Waals surface area contributed by atoms with Gasteiger partial charge in [0.1, 0.15) is 10.6 Å². The maximum Gasteiger partial charge on any atom is 0.262 e. The maximum absolute atomic E-state index is 12.7. The first-order valence-electron chi connectivity index (χ1n) is 9.41. The molecule has 3 heterocycles. The Kier molecular flexibility index (Phi) is 6.08. The van der Waals surface area contributed by atoms with Gasteiger partial charge < -0.3 is 10.1 Å². The smallest absolute Gasteiger partial charge is 0.262 e. The minimum Gasteiger partial charge on any atom is -0.495 e. The van der Waals surface area contributed by atoms with E-state index >= 15 is 0 Å². The Hall–Kier alpha value is -2.75. The minimum absolute atomic E-state index is 0.118. The fourth-order valence-corrected chi connectivity index (χ4v) is 5.10. The van der Waals surface area contributed by atoms with Gasteiger partial charge in [0.05, 0.1) is 29.5 Å². The van der Waals surface area contributed by atoms with Crippen LogP contribution in [0.3, 0.4) is 0 Å². The van der Waals surface area contributed by atoms with Crippen LogP contribution < -0.4 is 15.6 Å². The van der Waals surface area contributed by atoms with Crippen LogP contribution in [-0.2, 0) is 11.3 Å². The van der Waals surface area contributed by atoms with Gasteiger partial charge in [0.25, 0.3) is 5.56 Å². The Bertz CT molecular complexity index is 1340. The predicted octanol–water partition coefficient (Wildman–Crippen LogP) is 4.89. The molecule has 10 heteroatoms. The number of nitrogens with one attached hydrogen (secondary N) is 1. The number of fused-ring (bicyclic) bond motifs is 1. The van der Waals surface area contributed by atoms with Crippen LogP contribution in [0, 0.1) is 13.8 Å². The number of hydrogen-bond acceptors (Lipinski definition) is 7. The van der Waals surface area contributed by atoms with Gasteiger partial charge in [-0.15, -0.1) is 22.7 Å². The Morgan fingerprint density at radius 1 is 1.32 bits per heavy atom. The number of thiazole rings is 1. The average Bonchev–Trinajstić information content (AvgIpc) is 3.32. The first-order chi connectivity index (χ1) is 14.9. The van der Waals surface area contributed by atoms with Crippen molar-refractivity contribution >= 4 is 55.5 Å². The molecule has 1 N–H and O–H groups in total. The molecule has 0 aliphatic carbocycles. The SMILES string of the molecule is COc1ccc(-c2csc(NC(=O)CCn3cnc4sc(C)c(C)c4c3=O)n2)cc1Cl. The Balaban J connectivity index is 1.43. The van der Waals surface area contributed by atoms with Crippen molar-refractivity contribution in [2.45, 2.75) is 26.8 Å². The molecule has 1 amide bonds. The number of ether oxygens (including phenoxy) is 1. The first kappa shape index (κ1) is 21.5. The number of rotatable bonds is 6. The third kappa shape index (κ3) is 4.34. The maximum atomic E-state index is 12.7. The number of carbonyl (C=O) groups is 1. The quantitative estimate of drug-likeness (QED) is 0.430. The summed E-state index contributed by atoms with van der Waals surface area (Å²) in [4.78, 5) is 35.8. The number of hydrogen-bond donors (Lipinski definition) is 1. The van der Waals surface area contributed by atoms with Gasteiger partial charge >= 0.3 is 0 Å². The monoisotopic (exact) mass is 474 g/mol. The minimum atomic E-state index is -0.223. The molecule has 4 rings (SSSR count). The zero-order valence-corrected chi connectivity index (χ0v) is 19.5. The molecule has 0 unspecified atom stereocenters. The normalized spacial score (nSPS) is 11.1. The average molecular weight is 475 g/mol. The van der Waals surface area contributed by atoms with Crippen LogP contribution >= 0.6 is 34.3 Å². The van der Waals surface area contributed by atoms with E-state index in [1.807, 2.05) is 25.3 Å². The van der Waals surface area contributed by atoms with Gasteiger partial charge in [-0.05, 0) is 37.6 Å². The number of halogens is 1. The van der Waals surface area contributed by atoms with E-state index in [1.165, 1.54) is 33.6 Å². The lowest BCUT2D eigenvalue weighted by Gasteiger charge is -2.06. The van der Waals surface area contributed by atoms with E-state index in [2.05, 4.69) is 15.3 Å². The number of aromatic nitrogens is 3. The molecule has 0 saturated carbocycles. The molecule has 0 bridgehead atoms. The number of aryl methyl sites for hydroxylation is 3. The molecular weight excluding hydrogens is 456 g/mol. The summed E-state index contributed by atoms with van der Waals surface area (Å²) in [5.41, 5.74) is 2.37. The van der Waals surface area contributed by atoms with E-state index in [1.54, 1.807) is 19.2 Å². The molecule has 0 fully saturated rings. The lowest BCUT2D eigenvalue weighted by atomic mass is 10.2. The van der Waals surface area contributed by atoms with Crippen LogP contribution in [0.15, 0.2) is 34.7 Å². The molecule has 3 aromatic heterocycles. The van der Waals surface area contributed by atoms with Gasteiger partial charge in [-0.25, -0.2) is 9.97 Å². The second kappa shape index (κ2) is 8.78. The summed E-state index contributed by atoms with van der Waals surface area (Å²) in [7, 11) is 1.56. The fraction of sp³-hybridized carbons (Fsp3) is 0.238. The van der Waals surface area contributed by atoms with Crippen LogP contribution in [-0.4, -0.2) is 27.6 Å². The highest BCUT2D eigenvalue weighted by Crippen LogP contribution is 2.31. The number of anilines is 1. The number of methoxy groups -OCH3 is 1. The van der Waals surface area contributed by atoms with E-state index in [9.17, 15) is 9.59 Å². The van der Waals surface area contributed by atoms with Crippen molar-refractivity contribution in [1.29, 1.82) is 0 Å². The second-order valence-electron chi connectivity index (χ2n) is 6.89. The molecule has 1 aromatic carbocycles. The fourth-order valence-electron chi connectivity index (χ4n) is 3.12. The summed E-state index contributed by atoms with van der Waals surface area (Å²) in [6, 6.07) is 5.40.